The molecule has 0 atom stereocenters. The van der Waals surface area contributed by atoms with Crippen LogP contribution in [0.1, 0.15) is 5.56 Å². The second-order valence-corrected chi connectivity index (χ2v) is 6.35. The predicted octanol–water partition coefficient (Wildman–Crippen LogP) is 4.21. The van der Waals surface area contributed by atoms with Gasteiger partial charge >= 0.3 is 10.1 Å². The van der Waals surface area contributed by atoms with Gasteiger partial charge in [0.15, 0.2) is 0 Å². The predicted molar refractivity (Wildman–Crippen MR) is 75.4 cm³/mol. The zero-order valence-corrected chi connectivity index (χ0v) is 12.6. The van der Waals surface area contributed by atoms with Crippen LogP contribution in [-0.4, -0.2) is 8.42 Å². The number of aryl methyl sites for hydroxylation is 1. The van der Waals surface area contributed by atoms with E-state index in [9.17, 15) is 12.8 Å². The van der Waals surface area contributed by atoms with Gasteiger partial charge in [0.25, 0.3) is 0 Å². The molecule has 2 aromatic rings. The third kappa shape index (κ3) is 3.23. The molecule has 0 fully saturated rings. The fraction of sp³-hybridized carbons (Fsp3) is 0.0769. The van der Waals surface area contributed by atoms with E-state index in [1.165, 1.54) is 18.2 Å². The molecule has 0 radical (unpaired) electrons. The summed E-state index contributed by atoms with van der Waals surface area (Å²) in [5.41, 5.74) is 0.657. The maximum absolute atomic E-state index is 13.1. The Morgan fingerprint density at radius 2 is 1.70 bits per heavy atom. The second-order valence-electron chi connectivity index (χ2n) is 4.02. The average Bonchev–Trinajstić information content (AvgIpc) is 2.36. The Morgan fingerprint density at radius 3 is 2.35 bits per heavy atom. The number of hydrogen-bond donors (Lipinski definition) is 0. The molecular weight excluding hydrogens is 326 g/mol. The molecular formula is C13H9Cl2FO3S. The Balaban J connectivity index is 2.40. The molecule has 0 aliphatic heterocycles. The van der Waals surface area contributed by atoms with E-state index < -0.39 is 20.8 Å². The summed E-state index contributed by atoms with van der Waals surface area (Å²) < 4.78 is 42.2. The first-order chi connectivity index (χ1) is 9.29. The molecule has 0 aliphatic carbocycles. The zero-order chi connectivity index (χ0) is 14.9. The van der Waals surface area contributed by atoms with Gasteiger partial charge in [-0.2, -0.15) is 8.42 Å². The SMILES string of the molecule is Cc1cc(OS(=O)(=O)c2cc(F)ccc2Cl)ccc1Cl. The maximum atomic E-state index is 13.1. The molecule has 0 heterocycles. The van der Waals surface area contributed by atoms with Crippen LogP contribution in [0.2, 0.25) is 10.0 Å². The first-order valence-electron chi connectivity index (χ1n) is 5.45. The van der Waals surface area contributed by atoms with E-state index in [2.05, 4.69) is 0 Å². The first-order valence-corrected chi connectivity index (χ1v) is 7.62. The highest BCUT2D eigenvalue weighted by Gasteiger charge is 2.21. The van der Waals surface area contributed by atoms with Crippen molar-refractivity contribution in [2.45, 2.75) is 11.8 Å². The van der Waals surface area contributed by atoms with E-state index in [1.54, 1.807) is 6.92 Å². The largest absolute Gasteiger partial charge is 0.379 e. The highest BCUT2D eigenvalue weighted by Crippen LogP contribution is 2.27. The number of halogens is 3. The van der Waals surface area contributed by atoms with Gasteiger partial charge in [-0.3, -0.25) is 0 Å². The molecule has 106 valence electrons. The zero-order valence-electron chi connectivity index (χ0n) is 10.2. The highest BCUT2D eigenvalue weighted by molar-refractivity contribution is 7.87. The van der Waals surface area contributed by atoms with Crippen molar-refractivity contribution in [3.8, 4) is 5.75 Å². The molecule has 0 amide bonds. The van der Waals surface area contributed by atoms with E-state index in [1.807, 2.05) is 0 Å². The van der Waals surface area contributed by atoms with Crippen LogP contribution in [0, 0.1) is 12.7 Å². The van der Waals surface area contributed by atoms with Crippen molar-refractivity contribution in [1.29, 1.82) is 0 Å². The number of rotatable bonds is 3. The van der Waals surface area contributed by atoms with Crippen molar-refractivity contribution in [1.82, 2.24) is 0 Å². The van der Waals surface area contributed by atoms with Gasteiger partial charge in [0.05, 0.1) is 5.02 Å². The molecule has 3 nitrogen and oxygen atoms in total. The molecule has 0 N–H and O–H groups in total. The number of benzene rings is 2. The van der Waals surface area contributed by atoms with Gasteiger partial charge in [-0.05, 0) is 48.9 Å². The van der Waals surface area contributed by atoms with Crippen LogP contribution in [0.3, 0.4) is 0 Å². The molecule has 0 aliphatic rings. The summed E-state index contributed by atoms with van der Waals surface area (Å²) >= 11 is 11.6. The minimum Gasteiger partial charge on any atom is -0.379 e. The fourth-order valence-corrected chi connectivity index (χ4v) is 3.04. The first kappa shape index (κ1) is 15.1. The monoisotopic (exact) mass is 334 g/mol. The van der Waals surface area contributed by atoms with E-state index in [-0.39, 0.29) is 10.8 Å². The Labute approximate surface area is 126 Å². The van der Waals surface area contributed by atoms with Crippen molar-refractivity contribution in [3.63, 3.8) is 0 Å². The minimum absolute atomic E-state index is 0.0761. The van der Waals surface area contributed by atoms with Gasteiger partial charge in [-0.1, -0.05) is 23.2 Å². The average molecular weight is 335 g/mol. The molecule has 0 bridgehead atoms. The van der Waals surface area contributed by atoms with Gasteiger partial charge in [-0.15, -0.1) is 0 Å². The topological polar surface area (TPSA) is 43.4 Å². The molecule has 7 heteroatoms. The van der Waals surface area contributed by atoms with Crippen molar-refractivity contribution >= 4 is 33.3 Å². The van der Waals surface area contributed by atoms with Crippen molar-refractivity contribution < 1.29 is 17.0 Å². The van der Waals surface area contributed by atoms with Crippen LogP contribution in [0.4, 0.5) is 4.39 Å². The lowest BCUT2D eigenvalue weighted by atomic mass is 10.2. The van der Waals surface area contributed by atoms with Crippen LogP contribution >= 0.6 is 23.2 Å². The quantitative estimate of drug-likeness (QED) is 0.789. The van der Waals surface area contributed by atoms with E-state index in [0.717, 1.165) is 18.2 Å². The fourth-order valence-electron chi connectivity index (χ4n) is 1.51. The summed E-state index contributed by atoms with van der Waals surface area (Å²) in [6.07, 6.45) is 0. The Morgan fingerprint density at radius 1 is 1.05 bits per heavy atom. The summed E-state index contributed by atoms with van der Waals surface area (Å²) in [7, 11) is -4.21. The molecule has 20 heavy (non-hydrogen) atoms. The maximum Gasteiger partial charge on any atom is 0.340 e. The molecule has 0 spiro atoms. The summed E-state index contributed by atoms with van der Waals surface area (Å²) in [6, 6.07) is 7.40. The van der Waals surface area contributed by atoms with Gasteiger partial charge in [-0.25, -0.2) is 4.39 Å². The number of hydrogen-bond acceptors (Lipinski definition) is 3. The van der Waals surface area contributed by atoms with Gasteiger partial charge < -0.3 is 4.18 Å². The Kier molecular flexibility index (Phi) is 4.22. The lowest BCUT2D eigenvalue weighted by molar-refractivity contribution is 0.484. The van der Waals surface area contributed by atoms with Crippen LogP contribution in [0.25, 0.3) is 0 Å². The highest BCUT2D eigenvalue weighted by atomic mass is 35.5. The summed E-state index contributed by atoms with van der Waals surface area (Å²) in [5, 5.41) is 0.371. The normalized spacial score (nSPS) is 11.4. The third-order valence-corrected chi connectivity index (χ3v) is 4.65. The van der Waals surface area contributed by atoms with Crippen LogP contribution in [-0.2, 0) is 10.1 Å². The summed E-state index contributed by atoms with van der Waals surface area (Å²) in [5.74, 6) is -0.643. The van der Waals surface area contributed by atoms with Crippen LogP contribution in [0.5, 0.6) is 5.75 Å². The smallest absolute Gasteiger partial charge is 0.340 e. The van der Waals surface area contributed by atoms with Crippen molar-refractivity contribution in [2.24, 2.45) is 0 Å². The van der Waals surface area contributed by atoms with Crippen LogP contribution < -0.4 is 4.18 Å². The van der Waals surface area contributed by atoms with E-state index in [4.69, 9.17) is 27.4 Å². The van der Waals surface area contributed by atoms with Gasteiger partial charge in [0, 0.05) is 5.02 Å². The Hall–Kier alpha value is -1.30. The lowest BCUT2D eigenvalue weighted by Gasteiger charge is -2.09. The summed E-state index contributed by atoms with van der Waals surface area (Å²) in [6.45, 7) is 1.71. The Bertz CT molecular complexity index is 760. The van der Waals surface area contributed by atoms with Crippen LogP contribution in [0.15, 0.2) is 41.3 Å². The standard InChI is InChI=1S/C13H9Cl2FO3S/c1-8-6-10(3-5-11(8)14)19-20(17,18)13-7-9(16)2-4-12(13)15/h2-7H,1H3. The molecule has 0 saturated carbocycles. The van der Waals surface area contributed by atoms with Crippen molar-refractivity contribution in [3.05, 3.63) is 57.8 Å². The van der Waals surface area contributed by atoms with E-state index >= 15 is 0 Å². The third-order valence-electron chi connectivity index (χ3n) is 2.50. The van der Waals surface area contributed by atoms with Gasteiger partial charge in [0.1, 0.15) is 16.5 Å². The van der Waals surface area contributed by atoms with E-state index in [0.29, 0.717) is 10.6 Å². The molecule has 0 unspecified atom stereocenters. The second kappa shape index (κ2) is 5.60. The molecule has 0 aromatic heterocycles. The minimum atomic E-state index is -4.21. The van der Waals surface area contributed by atoms with Crippen molar-refractivity contribution in [2.75, 3.05) is 0 Å². The summed E-state index contributed by atoms with van der Waals surface area (Å²) in [4.78, 5) is -0.424. The lowest BCUT2D eigenvalue weighted by Crippen LogP contribution is -2.10. The molecule has 2 aromatic carbocycles. The molecule has 0 saturated heterocycles. The van der Waals surface area contributed by atoms with Gasteiger partial charge in [0.2, 0.25) is 0 Å². The molecule has 2 rings (SSSR count).